The van der Waals surface area contributed by atoms with Crippen LogP contribution >= 0.6 is 39.1 Å². The zero-order valence-electron chi connectivity index (χ0n) is 10.2. The predicted octanol–water partition coefficient (Wildman–Crippen LogP) is 4.70. The SMILES string of the molecule is Nc1cc(Br)cc(C(=O)OCc2c(Cl)cccc2Cl)c1. The van der Waals surface area contributed by atoms with Crippen molar-refractivity contribution in [2.24, 2.45) is 0 Å². The summed E-state index contributed by atoms with van der Waals surface area (Å²) in [6, 6.07) is 9.97. The van der Waals surface area contributed by atoms with Gasteiger partial charge in [-0.15, -0.1) is 0 Å². The first-order chi connectivity index (χ1) is 9.47. The Morgan fingerprint density at radius 1 is 1.20 bits per heavy atom. The molecule has 6 heteroatoms. The number of esters is 1. The maximum Gasteiger partial charge on any atom is 0.338 e. The molecule has 0 bridgehead atoms. The van der Waals surface area contributed by atoms with Gasteiger partial charge in [-0.3, -0.25) is 0 Å². The molecule has 2 aromatic rings. The van der Waals surface area contributed by atoms with E-state index in [0.29, 0.717) is 31.3 Å². The van der Waals surface area contributed by atoms with Crippen LogP contribution in [0, 0.1) is 0 Å². The third-order valence-electron chi connectivity index (χ3n) is 2.57. The van der Waals surface area contributed by atoms with Gasteiger partial charge in [0.1, 0.15) is 6.61 Å². The first-order valence-electron chi connectivity index (χ1n) is 5.63. The molecular weight excluding hydrogens is 365 g/mol. The van der Waals surface area contributed by atoms with Gasteiger partial charge in [-0.25, -0.2) is 4.79 Å². The molecule has 0 fully saturated rings. The van der Waals surface area contributed by atoms with Crippen molar-refractivity contribution in [1.29, 1.82) is 0 Å². The van der Waals surface area contributed by atoms with Gasteiger partial charge in [-0.2, -0.15) is 0 Å². The van der Waals surface area contributed by atoms with Crippen molar-refractivity contribution in [1.82, 2.24) is 0 Å². The minimum atomic E-state index is -0.492. The lowest BCUT2D eigenvalue weighted by Gasteiger charge is -2.09. The molecule has 0 saturated heterocycles. The summed E-state index contributed by atoms with van der Waals surface area (Å²) < 4.78 is 5.91. The summed E-state index contributed by atoms with van der Waals surface area (Å²) in [5.41, 5.74) is 7.08. The van der Waals surface area contributed by atoms with Crippen LogP contribution in [-0.2, 0) is 11.3 Å². The van der Waals surface area contributed by atoms with E-state index < -0.39 is 5.97 Å². The van der Waals surface area contributed by atoms with Gasteiger partial charge >= 0.3 is 5.97 Å². The number of hydrogen-bond acceptors (Lipinski definition) is 3. The Hall–Kier alpha value is -1.23. The number of halogens is 3. The van der Waals surface area contributed by atoms with Gasteiger partial charge in [-0.05, 0) is 30.3 Å². The van der Waals surface area contributed by atoms with Crippen LogP contribution in [0.3, 0.4) is 0 Å². The lowest BCUT2D eigenvalue weighted by Crippen LogP contribution is -2.06. The second kappa shape index (κ2) is 6.48. The van der Waals surface area contributed by atoms with E-state index in [1.54, 1.807) is 36.4 Å². The number of hydrogen-bond donors (Lipinski definition) is 1. The fourth-order valence-corrected chi connectivity index (χ4v) is 2.64. The van der Waals surface area contributed by atoms with Crippen LogP contribution in [0.15, 0.2) is 40.9 Å². The molecule has 20 heavy (non-hydrogen) atoms. The smallest absolute Gasteiger partial charge is 0.338 e. The number of ether oxygens (including phenoxy) is 1. The summed E-state index contributed by atoms with van der Waals surface area (Å²) in [4.78, 5) is 12.0. The van der Waals surface area contributed by atoms with Crippen molar-refractivity contribution in [3.8, 4) is 0 Å². The zero-order valence-corrected chi connectivity index (χ0v) is 13.3. The first-order valence-corrected chi connectivity index (χ1v) is 7.18. The van der Waals surface area contributed by atoms with Crippen molar-refractivity contribution >= 4 is 50.8 Å². The quantitative estimate of drug-likeness (QED) is 0.626. The lowest BCUT2D eigenvalue weighted by molar-refractivity contribution is 0.0473. The van der Waals surface area contributed by atoms with Crippen LogP contribution in [0.2, 0.25) is 10.0 Å². The zero-order chi connectivity index (χ0) is 14.7. The fourth-order valence-electron chi connectivity index (χ4n) is 1.62. The van der Waals surface area contributed by atoms with Crippen molar-refractivity contribution < 1.29 is 9.53 Å². The van der Waals surface area contributed by atoms with E-state index in [0.717, 1.165) is 0 Å². The van der Waals surface area contributed by atoms with Gasteiger partial charge in [0.25, 0.3) is 0 Å². The molecule has 2 N–H and O–H groups in total. The van der Waals surface area contributed by atoms with Crippen LogP contribution < -0.4 is 5.73 Å². The number of carbonyl (C=O) groups excluding carboxylic acids is 1. The van der Waals surface area contributed by atoms with Crippen molar-refractivity contribution in [2.45, 2.75) is 6.61 Å². The van der Waals surface area contributed by atoms with Gasteiger partial charge in [0.15, 0.2) is 0 Å². The summed E-state index contributed by atoms with van der Waals surface area (Å²) >= 11 is 15.3. The molecule has 0 saturated carbocycles. The number of nitrogen functional groups attached to an aromatic ring is 1. The summed E-state index contributed by atoms with van der Waals surface area (Å²) in [5, 5.41) is 0.915. The summed E-state index contributed by atoms with van der Waals surface area (Å²) in [7, 11) is 0. The third-order valence-corrected chi connectivity index (χ3v) is 3.73. The number of rotatable bonds is 3. The third kappa shape index (κ3) is 3.66. The molecule has 2 aromatic carbocycles. The molecule has 0 unspecified atom stereocenters. The minimum absolute atomic E-state index is 0.00373. The van der Waals surface area contributed by atoms with Crippen molar-refractivity contribution in [2.75, 3.05) is 5.73 Å². The molecule has 0 atom stereocenters. The first kappa shape index (κ1) is 15.2. The Morgan fingerprint density at radius 2 is 1.85 bits per heavy atom. The fraction of sp³-hybridized carbons (Fsp3) is 0.0714. The van der Waals surface area contributed by atoms with Crippen LogP contribution in [-0.4, -0.2) is 5.97 Å². The van der Waals surface area contributed by atoms with Crippen molar-refractivity contribution in [3.63, 3.8) is 0 Å². The van der Waals surface area contributed by atoms with Gasteiger partial charge < -0.3 is 10.5 Å². The van der Waals surface area contributed by atoms with E-state index in [9.17, 15) is 4.79 Å². The molecule has 0 aromatic heterocycles. The Bertz CT molecular complexity index is 621. The van der Waals surface area contributed by atoms with Crippen LogP contribution in [0.1, 0.15) is 15.9 Å². The van der Waals surface area contributed by atoms with E-state index in [1.807, 2.05) is 0 Å². The van der Waals surface area contributed by atoms with E-state index in [4.69, 9.17) is 33.7 Å². The second-order valence-electron chi connectivity index (χ2n) is 4.05. The second-order valence-corrected chi connectivity index (χ2v) is 5.78. The maximum absolute atomic E-state index is 12.0. The number of anilines is 1. The minimum Gasteiger partial charge on any atom is -0.457 e. The molecule has 3 nitrogen and oxygen atoms in total. The number of nitrogens with two attached hydrogens (primary N) is 1. The van der Waals surface area contributed by atoms with E-state index in [-0.39, 0.29) is 6.61 Å². The summed E-state index contributed by atoms with van der Waals surface area (Å²) in [6.07, 6.45) is 0. The largest absolute Gasteiger partial charge is 0.457 e. The standard InChI is InChI=1S/C14H10BrCl2NO2/c15-9-4-8(5-10(18)6-9)14(19)20-7-11-12(16)2-1-3-13(11)17/h1-6H,7,18H2. The number of benzene rings is 2. The molecule has 0 radical (unpaired) electrons. The van der Waals surface area contributed by atoms with Gasteiger partial charge in [0.2, 0.25) is 0 Å². The van der Waals surface area contributed by atoms with E-state index >= 15 is 0 Å². The average molecular weight is 375 g/mol. The van der Waals surface area contributed by atoms with Crippen molar-refractivity contribution in [3.05, 3.63) is 62.0 Å². The summed E-state index contributed by atoms with van der Waals surface area (Å²) in [5.74, 6) is -0.492. The van der Waals surface area contributed by atoms with Gasteiger partial charge in [-0.1, -0.05) is 45.2 Å². The Kier molecular flexibility index (Phi) is 4.91. The Balaban J connectivity index is 2.13. The molecule has 0 aliphatic rings. The number of carbonyl (C=O) groups is 1. The molecule has 0 spiro atoms. The molecule has 0 amide bonds. The summed E-state index contributed by atoms with van der Waals surface area (Å²) in [6.45, 7) is 0.00373. The molecular formula is C14H10BrCl2NO2. The van der Waals surface area contributed by atoms with E-state index in [1.165, 1.54) is 0 Å². The normalized spacial score (nSPS) is 10.3. The monoisotopic (exact) mass is 373 g/mol. The van der Waals surface area contributed by atoms with Crippen LogP contribution in [0.4, 0.5) is 5.69 Å². The lowest BCUT2D eigenvalue weighted by atomic mass is 10.2. The topological polar surface area (TPSA) is 52.3 Å². The van der Waals surface area contributed by atoms with Crippen LogP contribution in [0.25, 0.3) is 0 Å². The highest BCUT2D eigenvalue weighted by molar-refractivity contribution is 9.10. The Labute approximate surface area is 134 Å². The van der Waals surface area contributed by atoms with Gasteiger partial charge in [0.05, 0.1) is 5.56 Å². The van der Waals surface area contributed by atoms with Gasteiger partial charge in [0, 0.05) is 25.8 Å². The molecule has 104 valence electrons. The van der Waals surface area contributed by atoms with E-state index in [2.05, 4.69) is 15.9 Å². The molecule has 2 rings (SSSR count). The highest BCUT2D eigenvalue weighted by atomic mass is 79.9. The average Bonchev–Trinajstić information content (AvgIpc) is 2.36. The highest BCUT2D eigenvalue weighted by Crippen LogP contribution is 2.25. The molecule has 0 heterocycles. The molecule has 0 aliphatic heterocycles. The van der Waals surface area contributed by atoms with Crippen LogP contribution in [0.5, 0.6) is 0 Å². The maximum atomic E-state index is 12.0. The Morgan fingerprint density at radius 3 is 2.45 bits per heavy atom. The predicted molar refractivity (Wildman–Crippen MR) is 84.1 cm³/mol. The highest BCUT2D eigenvalue weighted by Gasteiger charge is 2.12. The molecule has 0 aliphatic carbocycles.